The minimum absolute atomic E-state index is 0.178. The molecule has 0 radical (unpaired) electrons. The first-order valence-electron chi connectivity index (χ1n) is 6.47. The van der Waals surface area contributed by atoms with Crippen LogP contribution in [0, 0.1) is 11.8 Å². The number of methoxy groups -OCH3 is 1. The Labute approximate surface area is 119 Å². The predicted molar refractivity (Wildman–Crippen MR) is 75.4 cm³/mol. The van der Waals surface area contributed by atoms with Crippen molar-refractivity contribution < 1.29 is 19.4 Å². The maximum atomic E-state index is 12.2. The van der Waals surface area contributed by atoms with Crippen molar-refractivity contribution >= 4 is 11.9 Å². The Hall–Kier alpha value is -2.04. The fraction of sp³-hybridized carbons (Fsp3) is 0.467. The minimum Gasteiger partial charge on any atom is -0.497 e. The number of nitrogens with zero attached hydrogens (tertiary/aromatic N) is 1. The van der Waals surface area contributed by atoms with Crippen LogP contribution in [0.15, 0.2) is 24.3 Å². The Morgan fingerprint density at radius 2 is 1.95 bits per heavy atom. The molecule has 0 spiro atoms. The lowest BCUT2D eigenvalue weighted by Crippen LogP contribution is -2.36. The largest absolute Gasteiger partial charge is 0.497 e. The number of carboxylic acids is 1. The van der Waals surface area contributed by atoms with Crippen molar-refractivity contribution in [2.24, 2.45) is 11.8 Å². The predicted octanol–water partition coefficient (Wildman–Crippen LogP) is 2.01. The van der Waals surface area contributed by atoms with Crippen LogP contribution in [0.1, 0.15) is 19.4 Å². The number of hydrogen-bond donors (Lipinski definition) is 1. The van der Waals surface area contributed by atoms with Gasteiger partial charge in [0.15, 0.2) is 0 Å². The number of carbonyl (C=O) groups excluding carboxylic acids is 1. The highest BCUT2D eigenvalue weighted by molar-refractivity contribution is 5.84. The third-order valence-corrected chi connectivity index (χ3v) is 3.46. The van der Waals surface area contributed by atoms with Crippen molar-refractivity contribution in [1.29, 1.82) is 0 Å². The standard InChI is InChI=1S/C15H21NO4/c1-10(11(2)15(18)19)14(17)16(3)9-12-6-5-7-13(8-12)20-4/h5-8,10-11H,9H2,1-4H3,(H,18,19). The number of ether oxygens (including phenoxy) is 1. The normalized spacial score (nSPS) is 13.4. The van der Waals surface area contributed by atoms with E-state index in [2.05, 4.69) is 0 Å². The Morgan fingerprint density at radius 3 is 2.50 bits per heavy atom. The summed E-state index contributed by atoms with van der Waals surface area (Å²) in [6.07, 6.45) is 0. The summed E-state index contributed by atoms with van der Waals surface area (Å²) in [6.45, 7) is 3.61. The zero-order valence-corrected chi connectivity index (χ0v) is 12.3. The molecule has 0 aliphatic heterocycles. The average Bonchev–Trinajstić information content (AvgIpc) is 2.44. The van der Waals surface area contributed by atoms with Gasteiger partial charge in [0.05, 0.1) is 13.0 Å². The van der Waals surface area contributed by atoms with Crippen molar-refractivity contribution in [2.45, 2.75) is 20.4 Å². The molecule has 2 atom stereocenters. The van der Waals surface area contributed by atoms with Gasteiger partial charge >= 0.3 is 5.97 Å². The molecule has 0 aliphatic rings. The molecule has 0 bridgehead atoms. The summed E-state index contributed by atoms with van der Waals surface area (Å²) in [5, 5.41) is 8.95. The molecule has 20 heavy (non-hydrogen) atoms. The SMILES string of the molecule is COc1cccc(CN(C)C(=O)C(C)C(C)C(=O)O)c1. The summed E-state index contributed by atoms with van der Waals surface area (Å²) in [5.41, 5.74) is 0.940. The van der Waals surface area contributed by atoms with E-state index < -0.39 is 17.8 Å². The van der Waals surface area contributed by atoms with Crippen molar-refractivity contribution in [3.63, 3.8) is 0 Å². The summed E-state index contributed by atoms with van der Waals surface area (Å²) >= 11 is 0. The summed E-state index contributed by atoms with van der Waals surface area (Å²) in [6, 6.07) is 7.45. The number of hydrogen-bond acceptors (Lipinski definition) is 3. The van der Waals surface area contributed by atoms with E-state index in [1.165, 1.54) is 0 Å². The monoisotopic (exact) mass is 279 g/mol. The Balaban J connectivity index is 2.72. The topological polar surface area (TPSA) is 66.8 Å². The molecule has 5 heteroatoms. The maximum Gasteiger partial charge on any atom is 0.307 e. The zero-order valence-electron chi connectivity index (χ0n) is 12.3. The summed E-state index contributed by atoms with van der Waals surface area (Å²) in [4.78, 5) is 24.6. The number of rotatable bonds is 6. The van der Waals surface area contributed by atoms with Crippen molar-refractivity contribution in [1.82, 2.24) is 4.90 Å². The van der Waals surface area contributed by atoms with Gasteiger partial charge in [0.25, 0.3) is 0 Å². The molecule has 1 N–H and O–H groups in total. The van der Waals surface area contributed by atoms with E-state index in [1.54, 1.807) is 32.9 Å². The van der Waals surface area contributed by atoms with E-state index in [0.29, 0.717) is 6.54 Å². The van der Waals surface area contributed by atoms with Crippen LogP contribution in [-0.2, 0) is 16.1 Å². The molecule has 2 unspecified atom stereocenters. The van der Waals surface area contributed by atoms with Gasteiger partial charge in [-0.25, -0.2) is 0 Å². The van der Waals surface area contributed by atoms with Gasteiger partial charge in [0, 0.05) is 19.5 Å². The molecule has 1 rings (SSSR count). The molecule has 0 saturated heterocycles. The van der Waals surface area contributed by atoms with Crippen LogP contribution >= 0.6 is 0 Å². The van der Waals surface area contributed by atoms with E-state index in [9.17, 15) is 9.59 Å². The molecule has 0 heterocycles. The fourth-order valence-corrected chi connectivity index (χ4v) is 1.90. The highest BCUT2D eigenvalue weighted by Crippen LogP contribution is 2.17. The van der Waals surface area contributed by atoms with E-state index >= 15 is 0 Å². The Morgan fingerprint density at radius 1 is 1.30 bits per heavy atom. The van der Waals surface area contributed by atoms with Gasteiger partial charge in [-0.05, 0) is 17.7 Å². The fourth-order valence-electron chi connectivity index (χ4n) is 1.90. The molecule has 1 aromatic rings. The first kappa shape index (κ1) is 16.0. The van der Waals surface area contributed by atoms with Crippen LogP contribution in [-0.4, -0.2) is 36.0 Å². The molecule has 0 aliphatic carbocycles. The minimum atomic E-state index is -0.958. The lowest BCUT2D eigenvalue weighted by Gasteiger charge is -2.23. The number of amides is 1. The first-order chi connectivity index (χ1) is 9.36. The van der Waals surface area contributed by atoms with Gasteiger partial charge in [-0.2, -0.15) is 0 Å². The summed E-state index contributed by atoms with van der Waals surface area (Å²) < 4.78 is 5.13. The lowest BCUT2D eigenvalue weighted by atomic mass is 9.95. The lowest BCUT2D eigenvalue weighted by molar-refractivity contribution is -0.148. The highest BCUT2D eigenvalue weighted by Gasteiger charge is 2.27. The smallest absolute Gasteiger partial charge is 0.307 e. The first-order valence-corrected chi connectivity index (χ1v) is 6.47. The van der Waals surface area contributed by atoms with Gasteiger partial charge in [-0.15, -0.1) is 0 Å². The third-order valence-electron chi connectivity index (χ3n) is 3.46. The van der Waals surface area contributed by atoms with Crippen LogP contribution in [0.2, 0.25) is 0 Å². The molecule has 5 nitrogen and oxygen atoms in total. The molecule has 110 valence electrons. The Kier molecular flexibility index (Phi) is 5.55. The van der Waals surface area contributed by atoms with Gasteiger partial charge in [-0.1, -0.05) is 26.0 Å². The van der Waals surface area contributed by atoms with E-state index in [-0.39, 0.29) is 5.91 Å². The van der Waals surface area contributed by atoms with Crippen LogP contribution in [0.5, 0.6) is 5.75 Å². The van der Waals surface area contributed by atoms with Crippen LogP contribution in [0.25, 0.3) is 0 Å². The zero-order chi connectivity index (χ0) is 15.3. The number of carbonyl (C=O) groups is 2. The van der Waals surface area contributed by atoms with Gasteiger partial charge in [-0.3, -0.25) is 9.59 Å². The molecule has 0 aromatic heterocycles. The van der Waals surface area contributed by atoms with E-state index in [4.69, 9.17) is 9.84 Å². The summed E-state index contributed by atoms with van der Waals surface area (Å²) in [5.74, 6) is -1.66. The van der Waals surface area contributed by atoms with Crippen molar-refractivity contribution in [3.8, 4) is 5.75 Å². The second-order valence-electron chi connectivity index (χ2n) is 4.96. The molecular formula is C15H21NO4. The van der Waals surface area contributed by atoms with Gasteiger partial charge in [0.2, 0.25) is 5.91 Å². The van der Waals surface area contributed by atoms with E-state index in [1.807, 2.05) is 24.3 Å². The molecule has 0 fully saturated rings. The Bertz CT molecular complexity index is 487. The van der Waals surface area contributed by atoms with Crippen molar-refractivity contribution in [2.75, 3.05) is 14.2 Å². The molecule has 1 amide bonds. The third kappa shape index (κ3) is 3.98. The maximum absolute atomic E-state index is 12.2. The molecular weight excluding hydrogens is 258 g/mol. The van der Waals surface area contributed by atoms with Gasteiger partial charge in [0.1, 0.15) is 5.75 Å². The second kappa shape index (κ2) is 6.93. The summed E-state index contributed by atoms with van der Waals surface area (Å²) in [7, 11) is 3.26. The van der Waals surface area contributed by atoms with Crippen molar-refractivity contribution in [3.05, 3.63) is 29.8 Å². The average molecular weight is 279 g/mol. The number of aliphatic carboxylic acids is 1. The van der Waals surface area contributed by atoms with Crippen LogP contribution in [0.4, 0.5) is 0 Å². The van der Waals surface area contributed by atoms with Crippen LogP contribution < -0.4 is 4.74 Å². The highest BCUT2D eigenvalue weighted by atomic mass is 16.5. The van der Waals surface area contributed by atoms with E-state index in [0.717, 1.165) is 11.3 Å². The second-order valence-corrected chi connectivity index (χ2v) is 4.96. The molecule has 0 saturated carbocycles. The van der Waals surface area contributed by atoms with Crippen LogP contribution in [0.3, 0.4) is 0 Å². The number of benzene rings is 1. The molecule has 1 aromatic carbocycles. The van der Waals surface area contributed by atoms with Gasteiger partial charge < -0.3 is 14.7 Å². The number of carboxylic acid groups (broad SMARTS) is 1. The quantitative estimate of drug-likeness (QED) is 0.865.